The number of carbonyl (C=O) groups excluding carboxylic acids is 3. The molecule has 0 aromatic heterocycles. The molecule has 41 heavy (non-hydrogen) atoms. The zero-order valence-corrected chi connectivity index (χ0v) is 23.4. The van der Waals surface area contributed by atoms with Gasteiger partial charge in [0.25, 0.3) is 0 Å². The molecule has 5 atom stereocenters. The van der Waals surface area contributed by atoms with Gasteiger partial charge < -0.3 is 30.9 Å². The Labute approximate surface area is 238 Å². The number of nitrogens with zero attached hydrogens (tertiary/aromatic N) is 1. The number of carbonyl (C=O) groups is 3. The number of methoxy groups -OCH3 is 1. The SMILES string of the molecule is CCN(CC)Cc1ccc(OC)c(-c2ccc(O)c3c2C[C@H]2C[C@H]4CC(O)C(C(N)=O)C(=O)[C@@]4(O)C(=O)C2=C3O)c1. The zero-order chi connectivity index (χ0) is 29.8. The lowest BCUT2D eigenvalue weighted by molar-refractivity contribution is -0.174. The molecule has 0 bridgehead atoms. The molecule has 2 aromatic carbocycles. The second-order valence-electron chi connectivity index (χ2n) is 11.2. The molecular weight excluding hydrogens is 528 g/mol. The molecule has 2 saturated carbocycles. The third-order valence-corrected chi connectivity index (χ3v) is 9.12. The lowest BCUT2D eigenvalue weighted by Crippen LogP contribution is -2.66. The number of ether oxygens (including phenoxy) is 1. The van der Waals surface area contributed by atoms with Crippen molar-refractivity contribution in [1.82, 2.24) is 4.90 Å². The van der Waals surface area contributed by atoms with E-state index >= 15 is 0 Å². The van der Waals surface area contributed by atoms with Gasteiger partial charge in [0, 0.05) is 23.6 Å². The molecule has 3 aliphatic carbocycles. The summed E-state index contributed by atoms with van der Waals surface area (Å²) in [5.41, 5.74) is 5.72. The number of ketones is 2. The fourth-order valence-corrected chi connectivity index (χ4v) is 6.95. The van der Waals surface area contributed by atoms with Gasteiger partial charge in [0.15, 0.2) is 11.4 Å². The maximum Gasteiger partial charge on any atom is 0.230 e. The lowest BCUT2D eigenvalue weighted by atomic mass is 9.56. The summed E-state index contributed by atoms with van der Waals surface area (Å²) in [6.07, 6.45) is -1.27. The topological polar surface area (TPSA) is 171 Å². The van der Waals surface area contributed by atoms with Crippen molar-refractivity contribution in [3.8, 4) is 22.6 Å². The number of aromatic hydroxyl groups is 1. The minimum absolute atomic E-state index is 0.0510. The van der Waals surface area contributed by atoms with Crippen molar-refractivity contribution in [3.05, 3.63) is 52.6 Å². The number of hydrogen-bond acceptors (Lipinski definition) is 9. The van der Waals surface area contributed by atoms with Gasteiger partial charge in [-0.3, -0.25) is 19.3 Å². The Hall–Kier alpha value is -3.73. The van der Waals surface area contributed by atoms with Crippen molar-refractivity contribution in [2.75, 3.05) is 20.2 Å². The summed E-state index contributed by atoms with van der Waals surface area (Å²) in [6, 6.07) is 9.07. The number of phenols is 1. The van der Waals surface area contributed by atoms with Crippen LogP contribution in [0.15, 0.2) is 35.9 Å². The first-order valence-electron chi connectivity index (χ1n) is 13.9. The number of aliphatic hydroxyl groups is 3. The molecular formula is C31H36N2O8. The van der Waals surface area contributed by atoms with Crippen molar-refractivity contribution in [1.29, 1.82) is 0 Å². The quantitative estimate of drug-likeness (QED) is 0.316. The van der Waals surface area contributed by atoms with Crippen LogP contribution in [0, 0.1) is 17.8 Å². The van der Waals surface area contributed by atoms with Crippen LogP contribution in [-0.4, -0.2) is 74.7 Å². The van der Waals surface area contributed by atoms with E-state index in [1.165, 1.54) is 6.07 Å². The molecule has 0 aliphatic heterocycles. The first-order chi connectivity index (χ1) is 19.5. The number of Topliss-reactive ketones (excluding diaryl/α,β-unsaturated/α-hetero) is 2. The van der Waals surface area contributed by atoms with Crippen molar-refractivity contribution in [3.63, 3.8) is 0 Å². The maximum absolute atomic E-state index is 13.8. The third kappa shape index (κ3) is 4.41. The van der Waals surface area contributed by atoms with E-state index in [0.29, 0.717) is 16.9 Å². The summed E-state index contributed by atoms with van der Waals surface area (Å²) in [4.78, 5) is 41.1. The van der Waals surface area contributed by atoms with Gasteiger partial charge >= 0.3 is 0 Å². The highest BCUT2D eigenvalue weighted by Crippen LogP contribution is 2.53. The number of primary amides is 1. The van der Waals surface area contributed by atoms with Gasteiger partial charge in [0.2, 0.25) is 11.7 Å². The van der Waals surface area contributed by atoms with Gasteiger partial charge in [0.05, 0.1) is 18.8 Å². The van der Waals surface area contributed by atoms with Crippen molar-refractivity contribution in [2.24, 2.45) is 23.5 Å². The average Bonchev–Trinajstić information content (AvgIpc) is 2.93. The summed E-state index contributed by atoms with van der Waals surface area (Å²) < 4.78 is 5.68. The number of phenolic OH excluding ortho intramolecular Hbond substituents is 1. The van der Waals surface area contributed by atoms with Crippen LogP contribution in [0.4, 0.5) is 0 Å². The Morgan fingerprint density at radius 3 is 2.44 bits per heavy atom. The fourth-order valence-electron chi connectivity index (χ4n) is 6.95. The van der Waals surface area contributed by atoms with Gasteiger partial charge in [-0.25, -0.2) is 0 Å². The second kappa shape index (κ2) is 10.6. The van der Waals surface area contributed by atoms with E-state index in [1.54, 1.807) is 13.2 Å². The van der Waals surface area contributed by atoms with Gasteiger partial charge in [-0.2, -0.15) is 0 Å². The number of fused-ring (bicyclic) bond motifs is 3. The minimum Gasteiger partial charge on any atom is -0.507 e. The van der Waals surface area contributed by atoms with Crippen LogP contribution >= 0.6 is 0 Å². The van der Waals surface area contributed by atoms with Crippen LogP contribution in [0.1, 0.15) is 43.4 Å². The summed E-state index contributed by atoms with van der Waals surface area (Å²) >= 11 is 0. The predicted molar refractivity (Wildman–Crippen MR) is 150 cm³/mol. The average molecular weight is 565 g/mol. The van der Waals surface area contributed by atoms with Crippen LogP contribution in [-0.2, 0) is 27.3 Å². The van der Waals surface area contributed by atoms with Gasteiger partial charge in [-0.15, -0.1) is 0 Å². The number of amides is 1. The highest BCUT2D eigenvalue weighted by atomic mass is 16.5. The van der Waals surface area contributed by atoms with E-state index in [4.69, 9.17) is 10.5 Å². The number of rotatable bonds is 7. The largest absolute Gasteiger partial charge is 0.507 e. The van der Waals surface area contributed by atoms with Gasteiger partial charge in [0.1, 0.15) is 23.2 Å². The summed E-state index contributed by atoms with van der Waals surface area (Å²) in [5, 5.41) is 44.3. The van der Waals surface area contributed by atoms with Crippen molar-refractivity contribution < 1.29 is 39.5 Å². The Morgan fingerprint density at radius 1 is 1.10 bits per heavy atom. The molecule has 5 rings (SSSR count). The predicted octanol–water partition coefficient (Wildman–Crippen LogP) is 2.11. The normalized spacial score (nSPS) is 27.4. The maximum atomic E-state index is 13.8. The summed E-state index contributed by atoms with van der Waals surface area (Å²) in [6.45, 7) is 6.68. The lowest BCUT2D eigenvalue weighted by Gasteiger charge is -2.48. The Bertz CT molecular complexity index is 1460. The molecule has 0 saturated heterocycles. The number of benzene rings is 2. The second-order valence-corrected chi connectivity index (χ2v) is 11.2. The van der Waals surface area contributed by atoms with E-state index < -0.39 is 52.7 Å². The monoisotopic (exact) mass is 564 g/mol. The third-order valence-electron chi connectivity index (χ3n) is 9.12. The molecule has 2 unspecified atom stereocenters. The van der Waals surface area contributed by atoms with E-state index in [-0.39, 0.29) is 36.1 Å². The molecule has 218 valence electrons. The molecule has 6 N–H and O–H groups in total. The minimum atomic E-state index is -2.61. The molecule has 0 radical (unpaired) electrons. The fraction of sp³-hybridized carbons (Fsp3) is 0.452. The van der Waals surface area contributed by atoms with Crippen LogP contribution in [0.3, 0.4) is 0 Å². The van der Waals surface area contributed by atoms with Crippen LogP contribution in [0.5, 0.6) is 11.5 Å². The molecule has 10 heteroatoms. The van der Waals surface area contributed by atoms with Crippen LogP contribution in [0.25, 0.3) is 16.9 Å². The molecule has 1 amide bonds. The van der Waals surface area contributed by atoms with Crippen LogP contribution in [0.2, 0.25) is 0 Å². The van der Waals surface area contributed by atoms with E-state index in [1.807, 2.05) is 18.2 Å². The highest BCUT2D eigenvalue weighted by Gasteiger charge is 2.64. The molecule has 2 fully saturated rings. The first kappa shape index (κ1) is 28.8. The standard InChI is InChI=1S/C31H36N2O8/c1-4-33(5-2)14-15-6-9-23(41-3)19(10-15)18-7-8-21(34)25-20(18)12-16-11-17-13-22(35)26(30(32)39)29(38)31(17,40)28(37)24(16)27(25)36/h6-10,16-17,22,26,34-36,40H,4-5,11-14H2,1-3H3,(H2,32,39)/t16-,17+,22?,26?,31+/m1/s1. The number of hydrogen-bond donors (Lipinski definition) is 5. The van der Waals surface area contributed by atoms with E-state index in [2.05, 4.69) is 18.7 Å². The molecule has 0 heterocycles. The molecule has 0 spiro atoms. The molecule has 2 aromatic rings. The first-order valence-corrected chi connectivity index (χ1v) is 13.9. The zero-order valence-electron chi connectivity index (χ0n) is 23.4. The van der Waals surface area contributed by atoms with Crippen LogP contribution < -0.4 is 10.5 Å². The molecule has 3 aliphatic rings. The number of aliphatic hydroxyl groups excluding tert-OH is 2. The Balaban J connectivity index is 1.64. The number of nitrogens with two attached hydrogens (primary N) is 1. The smallest absolute Gasteiger partial charge is 0.230 e. The molecule has 10 nitrogen and oxygen atoms in total. The van der Waals surface area contributed by atoms with Gasteiger partial charge in [-0.05, 0) is 73.2 Å². The van der Waals surface area contributed by atoms with Crippen molar-refractivity contribution in [2.45, 2.75) is 51.4 Å². The van der Waals surface area contributed by atoms with Crippen molar-refractivity contribution >= 4 is 23.2 Å². The Morgan fingerprint density at radius 2 is 1.80 bits per heavy atom. The Kier molecular flexibility index (Phi) is 7.44. The van der Waals surface area contributed by atoms with E-state index in [9.17, 15) is 34.8 Å². The van der Waals surface area contributed by atoms with Gasteiger partial charge in [-0.1, -0.05) is 26.0 Å². The summed E-state index contributed by atoms with van der Waals surface area (Å²) in [7, 11) is 1.57. The summed E-state index contributed by atoms with van der Waals surface area (Å²) in [5.74, 6) is -6.78. The highest BCUT2D eigenvalue weighted by molar-refractivity contribution is 6.24. The van der Waals surface area contributed by atoms with E-state index in [0.717, 1.165) is 30.8 Å².